The van der Waals surface area contributed by atoms with Crippen molar-refractivity contribution in [1.29, 1.82) is 0 Å². The van der Waals surface area contributed by atoms with Crippen molar-refractivity contribution in [3.63, 3.8) is 0 Å². The smallest absolute Gasteiger partial charge is 0.293 e. The Kier molecular flexibility index (Phi) is 2.95. The highest BCUT2D eigenvalue weighted by Gasteiger charge is 2.02. The quantitative estimate of drug-likeness (QED) is 0.603. The second-order valence-corrected chi connectivity index (χ2v) is 3.28. The number of carbonyl (C=O) groups excluding carboxylic acids is 1. The Bertz CT molecular complexity index is 562. The molecule has 0 fully saturated rings. The summed E-state index contributed by atoms with van der Waals surface area (Å²) in [5.74, 6) is 0. The monoisotopic (exact) mass is 218 g/mol. The van der Waals surface area contributed by atoms with Crippen LogP contribution in [0.15, 0.2) is 29.2 Å². The van der Waals surface area contributed by atoms with E-state index in [0.717, 1.165) is 11.1 Å². The predicted octanol–water partition coefficient (Wildman–Crippen LogP) is 0.639. The van der Waals surface area contributed by atoms with Crippen LogP contribution in [0.25, 0.3) is 10.9 Å². The fourth-order valence-corrected chi connectivity index (χ4v) is 1.50. The van der Waals surface area contributed by atoms with Crippen LogP contribution in [0.5, 0.6) is 0 Å². The Morgan fingerprint density at radius 1 is 1.50 bits per heavy atom. The minimum Gasteiger partial charge on any atom is -0.467 e. The lowest BCUT2D eigenvalue weighted by molar-refractivity contribution is -0.128. The second-order valence-electron chi connectivity index (χ2n) is 3.28. The molecular formula is C11H10N2O3. The maximum absolute atomic E-state index is 11.6. The number of ether oxygens (including phenoxy) is 1. The van der Waals surface area contributed by atoms with Gasteiger partial charge < -0.3 is 9.72 Å². The lowest BCUT2D eigenvalue weighted by atomic mass is 10.2. The molecule has 0 aliphatic heterocycles. The lowest BCUT2D eigenvalue weighted by Gasteiger charge is -2.02. The van der Waals surface area contributed by atoms with Crippen LogP contribution >= 0.6 is 0 Å². The molecule has 0 unspecified atom stereocenters. The maximum atomic E-state index is 11.6. The molecule has 2 heterocycles. The van der Waals surface area contributed by atoms with Crippen LogP contribution < -0.4 is 5.56 Å². The van der Waals surface area contributed by atoms with Gasteiger partial charge in [-0.3, -0.25) is 14.6 Å². The lowest BCUT2D eigenvalue weighted by Crippen LogP contribution is -2.11. The zero-order valence-electron chi connectivity index (χ0n) is 8.47. The molecule has 2 aromatic heterocycles. The van der Waals surface area contributed by atoms with Crippen LogP contribution in [0.4, 0.5) is 0 Å². The van der Waals surface area contributed by atoms with Crippen LogP contribution in [-0.2, 0) is 16.0 Å². The first kappa shape index (κ1) is 10.4. The number of aromatic amines is 1. The van der Waals surface area contributed by atoms with E-state index in [4.69, 9.17) is 0 Å². The summed E-state index contributed by atoms with van der Waals surface area (Å²) in [7, 11) is 0. The van der Waals surface area contributed by atoms with Gasteiger partial charge in [0.15, 0.2) is 0 Å². The van der Waals surface area contributed by atoms with Gasteiger partial charge in [-0.1, -0.05) is 6.07 Å². The van der Waals surface area contributed by atoms with Gasteiger partial charge in [-0.15, -0.1) is 0 Å². The molecule has 0 saturated carbocycles. The van der Waals surface area contributed by atoms with Gasteiger partial charge in [0.1, 0.15) is 5.52 Å². The standard InChI is InChI=1S/C11H10N2O3/c14-7-16-5-3-9-6-8-2-1-4-12-10(8)11(15)13-9/h1-2,4,6-7H,3,5H2,(H,13,15). The minimum absolute atomic E-state index is 0.223. The highest BCUT2D eigenvalue weighted by atomic mass is 16.5. The van der Waals surface area contributed by atoms with E-state index in [1.54, 1.807) is 12.3 Å². The molecule has 0 amide bonds. The Morgan fingerprint density at radius 3 is 3.19 bits per heavy atom. The Hall–Kier alpha value is -2.17. The molecule has 2 rings (SSSR count). The second kappa shape index (κ2) is 4.57. The topological polar surface area (TPSA) is 72.0 Å². The first-order valence-electron chi connectivity index (χ1n) is 4.83. The van der Waals surface area contributed by atoms with Crippen molar-refractivity contribution in [3.05, 3.63) is 40.4 Å². The average Bonchev–Trinajstić information content (AvgIpc) is 2.30. The van der Waals surface area contributed by atoms with Gasteiger partial charge in [-0.25, -0.2) is 0 Å². The number of rotatable bonds is 4. The molecule has 82 valence electrons. The first-order valence-corrected chi connectivity index (χ1v) is 4.83. The van der Waals surface area contributed by atoms with E-state index in [0.29, 0.717) is 18.4 Å². The summed E-state index contributed by atoms with van der Waals surface area (Å²) >= 11 is 0. The predicted molar refractivity (Wildman–Crippen MR) is 58.1 cm³/mol. The van der Waals surface area contributed by atoms with Crippen molar-refractivity contribution in [2.24, 2.45) is 0 Å². The highest BCUT2D eigenvalue weighted by Crippen LogP contribution is 2.07. The third kappa shape index (κ3) is 2.08. The molecule has 0 aliphatic rings. The molecule has 0 bridgehead atoms. The van der Waals surface area contributed by atoms with E-state index >= 15 is 0 Å². The van der Waals surface area contributed by atoms with Crippen molar-refractivity contribution < 1.29 is 9.53 Å². The van der Waals surface area contributed by atoms with Crippen molar-refractivity contribution >= 4 is 17.4 Å². The molecule has 1 N–H and O–H groups in total. The van der Waals surface area contributed by atoms with Gasteiger partial charge >= 0.3 is 0 Å². The summed E-state index contributed by atoms with van der Waals surface area (Å²) in [5, 5.41) is 0.785. The zero-order chi connectivity index (χ0) is 11.4. The zero-order valence-corrected chi connectivity index (χ0v) is 8.47. The molecule has 0 aliphatic carbocycles. The molecule has 5 heteroatoms. The number of aromatic nitrogens is 2. The molecular weight excluding hydrogens is 208 g/mol. The SMILES string of the molecule is O=COCCc1cc2cccnc2c(=O)[nH]1. The number of carbonyl (C=O) groups is 1. The summed E-state index contributed by atoms with van der Waals surface area (Å²) in [5.41, 5.74) is 0.925. The Balaban J connectivity index is 2.34. The van der Waals surface area contributed by atoms with Crippen molar-refractivity contribution in [2.75, 3.05) is 6.61 Å². The minimum atomic E-state index is -0.223. The summed E-state index contributed by atoms with van der Waals surface area (Å²) in [6.07, 6.45) is 2.06. The first-order chi connectivity index (χ1) is 7.81. The molecule has 0 radical (unpaired) electrons. The van der Waals surface area contributed by atoms with Crippen LogP contribution in [0.2, 0.25) is 0 Å². The third-order valence-electron chi connectivity index (χ3n) is 2.22. The van der Waals surface area contributed by atoms with Crippen LogP contribution in [0.1, 0.15) is 5.69 Å². The van der Waals surface area contributed by atoms with Gasteiger partial charge in [0.25, 0.3) is 12.0 Å². The summed E-state index contributed by atoms with van der Waals surface area (Å²) in [4.78, 5) is 28.3. The van der Waals surface area contributed by atoms with E-state index in [1.165, 1.54) is 0 Å². The van der Waals surface area contributed by atoms with Crippen LogP contribution in [-0.4, -0.2) is 23.0 Å². The van der Waals surface area contributed by atoms with E-state index < -0.39 is 0 Å². The molecule has 5 nitrogen and oxygen atoms in total. The Labute approximate surface area is 91.1 Å². The largest absolute Gasteiger partial charge is 0.467 e. The van der Waals surface area contributed by atoms with Gasteiger partial charge in [-0.2, -0.15) is 0 Å². The van der Waals surface area contributed by atoms with Crippen LogP contribution in [0.3, 0.4) is 0 Å². The number of pyridine rings is 2. The summed E-state index contributed by atoms with van der Waals surface area (Å²) < 4.78 is 4.57. The molecule has 0 saturated heterocycles. The van der Waals surface area contributed by atoms with E-state index in [9.17, 15) is 9.59 Å². The number of H-pyrrole nitrogens is 1. The van der Waals surface area contributed by atoms with E-state index in [2.05, 4.69) is 14.7 Å². The van der Waals surface area contributed by atoms with Gasteiger partial charge in [-0.05, 0) is 12.1 Å². The third-order valence-corrected chi connectivity index (χ3v) is 2.22. The molecule has 16 heavy (non-hydrogen) atoms. The number of hydrogen-bond donors (Lipinski definition) is 1. The number of hydrogen-bond acceptors (Lipinski definition) is 4. The van der Waals surface area contributed by atoms with Gasteiger partial charge in [0.2, 0.25) is 0 Å². The van der Waals surface area contributed by atoms with Crippen LogP contribution in [0, 0.1) is 0 Å². The van der Waals surface area contributed by atoms with Crippen molar-refractivity contribution in [1.82, 2.24) is 9.97 Å². The fourth-order valence-electron chi connectivity index (χ4n) is 1.50. The van der Waals surface area contributed by atoms with Crippen molar-refractivity contribution in [3.8, 4) is 0 Å². The number of fused-ring (bicyclic) bond motifs is 1. The summed E-state index contributed by atoms with van der Waals surface area (Å²) in [6, 6.07) is 5.42. The van der Waals surface area contributed by atoms with Gasteiger partial charge in [0, 0.05) is 23.7 Å². The fraction of sp³-hybridized carbons (Fsp3) is 0.182. The number of nitrogens with zero attached hydrogens (tertiary/aromatic N) is 1. The summed E-state index contributed by atoms with van der Waals surface area (Å²) in [6.45, 7) is 0.645. The molecule has 2 aromatic rings. The van der Waals surface area contributed by atoms with E-state index in [-0.39, 0.29) is 12.2 Å². The molecule has 0 aromatic carbocycles. The molecule has 0 spiro atoms. The highest BCUT2D eigenvalue weighted by molar-refractivity contribution is 5.77. The van der Waals surface area contributed by atoms with E-state index in [1.807, 2.05) is 12.1 Å². The van der Waals surface area contributed by atoms with Crippen molar-refractivity contribution in [2.45, 2.75) is 6.42 Å². The average molecular weight is 218 g/mol. The Morgan fingerprint density at radius 2 is 2.38 bits per heavy atom. The maximum Gasteiger partial charge on any atom is 0.293 e. The van der Waals surface area contributed by atoms with Gasteiger partial charge in [0.05, 0.1) is 6.61 Å². The normalized spacial score (nSPS) is 10.2. The molecule has 0 atom stereocenters. The number of nitrogens with one attached hydrogen (secondary N) is 1.